The number of rotatable bonds is 7. The molecule has 0 unspecified atom stereocenters. The van der Waals surface area contributed by atoms with Crippen LogP contribution in [0.5, 0.6) is 0 Å². The Morgan fingerprint density at radius 2 is 2.00 bits per heavy atom. The number of hydrogen-bond acceptors (Lipinski definition) is 6. The number of imide groups is 1. The summed E-state index contributed by atoms with van der Waals surface area (Å²) in [4.78, 5) is 53.0. The van der Waals surface area contributed by atoms with E-state index in [9.17, 15) is 19.2 Å². The first-order valence-electron chi connectivity index (χ1n) is 8.36. The lowest BCUT2D eigenvalue weighted by molar-refractivity contribution is -0.126. The number of likely N-dealkylation sites (N-methyl/N-ethyl adjacent to an activating group) is 1. The van der Waals surface area contributed by atoms with Gasteiger partial charge in [0.2, 0.25) is 5.91 Å². The van der Waals surface area contributed by atoms with Crippen molar-refractivity contribution in [1.82, 2.24) is 19.8 Å². The van der Waals surface area contributed by atoms with E-state index in [-0.39, 0.29) is 24.6 Å². The van der Waals surface area contributed by atoms with Crippen LogP contribution < -0.4 is 27.2 Å². The van der Waals surface area contributed by atoms with Crippen molar-refractivity contribution < 1.29 is 9.59 Å². The molecule has 25 heavy (non-hydrogen) atoms. The van der Waals surface area contributed by atoms with Gasteiger partial charge in [0, 0.05) is 26.2 Å². The molecular formula is C15H24N6O4. The number of aromatic nitrogens is 2. The number of anilines is 2. The maximum absolute atomic E-state index is 12.3. The summed E-state index contributed by atoms with van der Waals surface area (Å²) in [6.07, 6.45) is 1.59. The van der Waals surface area contributed by atoms with E-state index >= 15 is 0 Å². The van der Waals surface area contributed by atoms with Crippen molar-refractivity contribution in [2.24, 2.45) is 0 Å². The maximum Gasteiger partial charge on any atom is 0.330 e. The van der Waals surface area contributed by atoms with Crippen molar-refractivity contribution in [3.05, 3.63) is 20.8 Å². The quantitative estimate of drug-likeness (QED) is 0.594. The standard InChI is InChI=1S/C15H24N6O4/c1-3-5-7-21-12(16)11(13(23)18-15(21)25)19(4-2)9-10(22)20-8-6-17-14(20)24/h3-9,16H2,1-2H3,(H,17,24)(H,18,23,25). The number of nitrogens with zero attached hydrogens (tertiary/aromatic N) is 3. The minimum absolute atomic E-state index is 0.0303. The number of urea groups is 1. The number of aromatic amines is 1. The lowest BCUT2D eigenvalue weighted by Crippen LogP contribution is -2.45. The molecule has 1 aliphatic heterocycles. The highest BCUT2D eigenvalue weighted by Gasteiger charge is 2.28. The van der Waals surface area contributed by atoms with Crippen LogP contribution in [0, 0.1) is 0 Å². The van der Waals surface area contributed by atoms with Gasteiger partial charge in [0.15, 0.2) is 0 Å². The SMILES string of the molecule is CCCCn1c(N)c(N(CC)CC(=O)N2CCNC2=O)c(=O)[nH]c1=O. The van der Waals surface area contributed by atoms with Crippen LogP contribution >= 0.6 is 0 Å². The van der Waals surface area contributed by atoms with E-state index < -0.39 is 23.2 Å². The summed E-state index contributed by atoms with van der Waals surface area (Å²) in [6.45, 7) is 4.95. The van der Waals surface area contributed by atoms with Crippen LogP contribution in [0.15, 0.2) is 9.59 Å². The Kier molecular flexibility index (Phi) is 5.84. The Bertz CT molecular complexity index is 768. The zero-order chi connectivity index (χ0) is 18.6. The monoisotopic (exact) mass is 352 g/mol. The number of carbonyl (C=O) groups excluding carboxylic acids is 2. The number of hydrogen-bond donors (Lipinski definition) is 3. The molecule has 0 radical (unpaired) electrons. The van der Waals surface area contributed by atoms with Gasteiger partial charge in [-0.1, -0.05) is 13.3 Å². The average molecular weight is 352 g/mol. The molecule has 1 aromatic rings. The minimum atomic E-state index is -0.643. The van der Waals surface area contributed by atoms with Crippen molar-refractivity contribution in [2.45, 2.75) is 33.2 Å². The highest BCUT2D eigenvalue weighted by Crippen LogP contribution is 2.17. The Morgan fingerprint density at radius 1 is 1.28 bits per heavy atom. The van der Waals surface area contributed by atoms with E-state index in [1.165, 1.54) is 9.47 Å². The Labute approximate surface area is 144 Å². The third-order valence-electron chi connectivity index (χ3n) is 4.13. The van der Waals surface area contributed by atoms with Crippen LogP contribution in [-0.4, -0.2) is 52.6 Å². The molecule has 138 valence electrons. The van der Waals surface area contributed by atoms with Gasteiger partial charge >= 0.3 is 11.7 Å². The zero-order valence-electron chi connectivity index (χ0n) is 14.5. The van der Waals surface area contributed by atoms with Gasteiger partial charge in [-0.05, 0) is 13.3 Å². The van der Waals surface area contributed by atoms with E-state index in [2.05, 4.69) is 10.3 Å². The fraction of sp³-hybridized carbons (Fsp3) is 0.600. The molecule has 0 bridgehead atoms. The Hall–Kier alpha value is -2.78. The van der Waals surface area contributed by atoms with E-state index in [0.29, 0.717) is 19.6 Å². The summed E-state index contributed by atoms with van der Waals surface area (Å²) in [5.74, 6) is -0.398. The van der Waals surface area contributed by atoms with E-state index in [1.807, 2.05) is 6.92 Å². The molecule has 10 nitrogen and oxygen atoms in total. The molecule has 0 aromatic carbocycles. The van der Waals surface area contributed by atoms with Gasteiger partial charge < -0.3 is 16.0 Å². The number of carbonyl (C=O) groups is 2. The molecule has 0 aliphatic carbocycles. The van der Waals surface area contributed by atoms with Crippen LogP contribution in [0.25, 0.3) is 0 Å². The highest BCUT2D eigenvalue weighted by molar-refractivity contribution is 5.98. The minimum Gasteiger partial charge on any atom is -0.383 e. The van der Waals surface area contributed by atoms with Gasteiger partial charge in [-0.2, -0.15) is 0 Å². The second-order valence-electron chi connectivity index (χ2n) is 5.79. The fourth-order valence-electron chi connectivity index (χ4n) is 2.73. The second-order valence-corrected chi connectivity index (χ2v) is 5.79. The normalized spacial score (nSPS) is 13.8. The smallest absolute Gasteiger partial charge is 0.330 e. The Balaban J connectivity index is 2.33. The van der Waals surface area contributed by atoms with Crippen molar-refractivity contribution in [1.29, 1.82) is 0 Å². The molecule has 1 aromatic heterocycles. The number of nitrogens with two attached hydrogens (primary N) is 1. The zero-order valence-corrected chi connectivity index (χ0v) is 14.5. The molecule has 3 amide bonds. The van der Waals surface area contributed by atoms with Crippen LogP contribution in [-0.2, 0) is 11.3 Å². The summed E-state index contributed by atoms with van der Waals surface area (Å²) < 4.78 is 1.30. The number of unbranched alkanes of at least 4 members (excludes halogenated alkanes) is 1. The lowest BCUT2D eigenvalue weighted by Gasteiger charge is -2.25. The van der Waals surface area contributed by atoms with Gasteiger partial charge in [-0.15, -0.1) is 0 Å². The summed E-state index contributed by atoms with van der Waals surface area (Å²) >= 11 is 0. The first-order chi connectivity index (χ1) is 11.9. The van der Waals surface area contributed by atoms with Gasteiger partial charge in [-0.3, -0.25) is 24.0 Å². The fourth-order valence-corrected chi connectivity index (χ4v) is 2.73. The summed E-state index contributed by atoms with van der Waals surface area (Å²) in [7, 11) is 0. The highest BCUT2D eigenvalue weighted by atomic mass is 16.2. The topological polar surface area (TPSA) is 134 Å². The van der Waals surface area contributed by atoms with Crippen LogP contribution in [0.4, 0.5) is 16.3 Å². The molecule has 0 atom stereocenters. The summed E-state index contributed by atoms with van der Waals surface area (Å²) in [6, 6.07) is -0.448. The van der Waals surface area contributed by atoms with E-state index in [4.69, 9.17) is 5.73 Å². The summed E-state index contributed by atoms with van der Waals surface area (Å²) in [5, 5.41) is 2.55. The maximum atomic E-state index is 12.3. The molecule has 1 aliphatic rings. The molecule has 10 heteroatoms. The van der Waals surface area contributed by atoms with Crippen LogP contribution in [0.2, 0.25) is 0 Å². The predicted octanol–water partition coefficient (Wildman–Crippen LogP) is -0.703. The largest absolute Gasteiger partial charge is 0.383 e. The molecule has 0 spiro atoms. The molecule has 4 N–H and O–H groups in total. The van der Waals surface area contributed by atoms with Gasteiger partial charge in [0.05, 0.1) is 6.54 Å². The first kappa shape index (κ1) is 18.6. The molecule has 1 saturated heterocycles. The van der Waals surface area contributed by atoms with Crippen molar-refractivity contribution >= 4 is 23.4 Å². The molecule has 2 rings (SSSR count). The van der Waals surface area contributed by atoms with Crippen molar-refractivity contribution in [2.75, 3.05) is 36.8 Å². The van der Waals surface area contributed by atoms with Crippen molar-refractivity contribution in [3.63, 3.8) is 0 Å². The molecule has 0 saturated carbocycles. The number of H-pyrrole nitrogens is 1. The first-order valence-corrected chi connectivity index (χ1v) is 8.36. The number of nitrogen functional groups attached to an aromatic ring is 1. The number of amides is 3. The third-order valence-corrected chi connectivity index (χ3v) is 4.13. The van der Waals surface area contributed by atoms with Crippen LogP contribution in [0.1, 0.15) is 26.7 Å². The van der Waals surface area contributed by atoms with E-state index in [0.717, 1.165) is 17.7 Å². The van der Waals surface area contributed by atoms with Gasteiger partial charge in [0.25, 0.3) is 5.56 Å². The Morgan fingerprint density at radius 3 is 2.56 bits per heavy atom. The van der Waals surface area contributed by atoms with Crippen molar-refractivity contribution in [3.8, 4) is 0 Å². The molecular weight excluding hydrogens is 328 g/mol. The predicted molar refractivity (Wildman–Crippen MR) is 93.6 cm³/mol. The van der Waals surface area contributed by atoms with E-state index in [1.54, 1.807) is 6.92 Å². The van der Waals surface area contributed by atoms with Crippen LogP contribution in [0.3, 0.4) is 0 Å². The molecule has 1 fully saturated rings. The second kappa shape index (κ2) is 7.86. The van der Waals surface area contributed by atoms with Gasteiger partial charge in [-0.25, -0.2) is 9.59 Å². The average Bonchev–Trinajstić information content (AvgIpc) is 2.99. The number of nitrogens with one attached hydrogen (secondary N) is 2. The third kappa shape index (κ3) is 3.83. The summed E-state index contributed by atoms with van der Waals surface area (Å²) in [5.41, 5.74) is 4.92. The van der Waals surface area contributed by atoms with Gasteiger partial charge in [0.1, 0.15) is 11.5 Å². The lowest BCUT2D eigenvalue weighted by atomic mass is 10.3. The molecule has 2 heterocycles.